The van der Waals surface area contributed by atoms with Crippen LogP contribution in [0.3, 0.4) is 0 Å². The molecule has 0 saturated heterocycles. The number of amides is 1. The zero-order valence-electron chi connectivity index (χ0n) is 14.5. The molecule has 2 N–H and O–H groups in total. The van der Waals surface area contributed by atoms with Gasteiger partial charge in [0.05, 0.1) is 14.4 Å². The third-order valence-electron chi connectivity index (χ3n) is 3.64. The third-order valence-corrected chi connectivity index (χ3v) is 5.78. The highest BCUT2D eigenvalue weighted by molar-refractivity contribution is 9.10. The molecule has 0 spiro atoms. The van der Waals surface area contributed by atoms with Crippen molar-refractivity contribution in [2.24, 2.45) is 0 Å². The number of para-hydroxylation sites is 1. The van der Waals surface area contributed by atoms with Gasteiger partial charge in [0.25, 0.3) is 5.91 Å². The molecule has 1 heterocycles. The number of nitrogens with one attached hydrogen (secondary N) is 1. The van der Waals surface area contributed by atoms with E-state index in [0.717, 1.165) is 15.8 Å². The van der Waals surface area contributed by atoms with Crippen LogP contribution in [0, 0.1) is 0 Å². The fraction of sp³-hybridized carbons (Fsp3) is 0. The van der Waals surface area contributed by atoms with E-state index in [-0.39, 0.29) is 15.6 Å². The maximum atomic E-state index is 12.3. The van der Waals surface area contributed by atoms with Crippen LogP contribution >= 0.6 is 50.5 Å². The van der Waals surface area contributed by atoms with Gasteiger partial charge in [-0.2, -0.15) is 0 Å². The van der Waals surface area contributed by atoms with E-state index in [9.17, 15) is 14.7 Å². The van der Waals surface area contributed by atoms with Crippen LogP contribution in [0.2, 0.25) is 8.67 Å². The van der Waals surface area contributed by atoms with Crippen LogP contribution in [0.1, 0.15) is 15.9 Å². The van der Waals surface area contributed by atoms with Crippen LogP contribution in [0.25, 0.3) is 6.08 Å². The Bertz CT molecular complexity index is 1100. The fourth-order valence-corrected chi connectivity index (χ4v) is 4.11. The molecule has 9 heteroatoms. The average Bonchev–Trinajstić information content (AvgIpc) is 3.02. The van der Waals surface area contributed by atoms with Crippen molar-refractivity contribution in [1.29, 1.82) is 0 Å². The number of hydrogen-bond acceptors (Lipinski definition) is 4. The van der Waals surface area contributed by atoms with E-state index < -0.39 is 11.9 Å². The summed E-state index contributed by atoms with van der Waals surface area (Å²) in [6, 6.07) is 15.5. The number of carboxylic acid groups (broad SMARTS) is 1. The Balaban J connectivity index is 1.77. The van der Waals surface area contributed by atoms with E-state index in [0.29, 0.717) is 21.4 Å². The van der Waals surface area contributed by atoms with Crippen molar-refractivity contribution in [1.82, 2.24) is 5.32 Å². The van der Waals surface area contributed by atoms with Crippen molar-refractivity contribution < 1.29 is 19.4 Å². The first-order valence-electron chi connectivity index (χ1n) is 8.07. The second-order valence-electron chi connectivity index (χ2n) is 5.66. The topological polar surface area (TPSA) is 75.6 Å². The van der Waals surface area contributed by atoms with Gasteiger partial charge in [-0.3, -0.25) is 4.79 Å². The molecule has 0 atom stereocenters. The molecular formula is C20H12BrCl2NO4S. The lowest BCUT2D eigenvalue weighted by Gasteiger charge is -2.08. The second-order valence-corrected chi connectivity index (χ2v) is 8.80. The first-order chi connectivity index (χ1) is 13.8. The molecule has 3 aromatic rings. The van der Waals surface area contributed by atoms with Gasteiger partial charge in [-0.1, -0.05) is 47.5 Å². The van der Waals surface area contributed by atoms with E-state index in [4.69, 9.17) is 27.9 Å². The number of hydrogen-bond donors (Lipinski definition) is 2. The number of halogens is 3. The highest BCUT2D eigenvalue weighted by Gasteiger charge is 2.18. The Hall–Kier alpha value is -2.32. The molecule has 2 aromatic carbocycles. The molecule has 0 unspecified atom stereocenters. The number of carbonyl (C=O) groups is 2. The molecule has 1 aromatic heterocycles. The van der Waals surface area contributed by atoms with Crippen molar-refractivity contribution in [3.63, 3.8) is 0 Å². The van der Waals surface area contributed by atoms with E-state index >= 15 is 0 Å². The van der Waals surface area contributed by atoms with Gasteiger partial charge in [-0.25, -0.2) is 4.79 Å². The average molecular weight is 513 g/mol. The number of aliphatic carboxylic acids is 1. The highest BCUT2D eigenvalue weighted by atomic mass is 79.9. The summed E-state index contributed by atoms with van der Waals surface area (Å²) in [7, 11) is 0. The van der Waals surface area contributed by atoms with Gasteiger partial charge in [0.2, 0.25) is 0 Å². The standard InChI is InChI=1S/C20H12BrCl2NO4S/c21-14-3-1-2-4-16(14)28-12-7-5-11(6-8-12)9-15(20(26)27)24-19(25)13-10-17(22)29-18(13)23/h1-10H,(H,24,25)(H,26,27). The number of ether oxygens (including phenoxy) is 1. The molecule has 29 heavy (non-hydrogen) atoms. The predicted molar refractivity (Wildman–Crippen MR) is 118 cm³/mol. The molecule has 0 aliphatic heterocycles. The molecule has 148 valence electrons. The van der Waals surface area contributed by atoms with E-state index in [1.54, 1.807) is 24.3 Å². The number of carbonyl (C=O) groups excluding carboxylic acids is 1. The molecule has 0 aliphatic rings. The zero-order valence-corrected chi connectivity index (χ0v) is 18.4. The van der Waals surface area contributed by atoms with Crippen molar-refractivity contribution in [2.45, 2.75) is 0 Å². The Labute approximate surface area is 188 Å². The van der Waals surface area contributed by atoms with Crippen molar-refractivity contribution in [2.75, 3.05) is 0 Å². The third kappa shape index (κ3) is 5.61. The second kappa shape index (κ2) is 9.45. The summed E-state index contributed by atoms with van der Waals surface area (Å²) in [6.07, 6.45) is 1.34. The van der Waals surface area contributed by atoms with Gasteiger partial charge >= 0.3 is 5.97 Å². The van der Waals surface area contributed by atoms with Gasteiger partial charge < -0.3 is 15.2 Å². The van der Waals surface area contributed by atoms with Gasteiger partial charge in [0, 0.05) is 0 Å². The molecule has 5 nitrogen and oxygen atoms in total. The SMILES string of the molecule is O=C(O)C(=Cc1ccc(Oc2ccccc2Br)cc1)NC(=O)c1cc(Cl)sc1Cl. The van der Waals surface area contributed by atoms with E-state index in [2.05, 4.69) is 21.2 Å². The van der Waals surface area contributed by atoms with Gasteiger partial charge in [-0.15, -0.1) is 11.3 Å². The summed E-state index contributed by atoms with van der Waals surface area (Å²) in [5, 5.41) is 11.8. The number of carboxylic acids is 1. The van der Waals surface area contributed by atoms with Crippen molar-refractivity contribution in [3.8, 4) is 11.5 Å². The number of benzene rings is 2. The summed E-state index contributed by atoms with van der Waals surface area (Å²) < 4.78 is 7.11. The van der Waals surface area contributed by atoms with Gasteiger partial charge in [0.15, 0.2) is 0 Å². The minimum absolute atomic E-state index is 0.117. The largest absolute Gasteiger partial charge is 0.477 e. The summed E-state index contributed by atoms with van der Waals surface area (Å²) in [5.74, 6) is -0.708. The Morgan fingerprint density at radius 1 is 1.10 bits per heavy atom. The van der Waals surface area contributed by atoms with E-state index in [1.807, 2.05) is 24.3 Å². The molecule has 1 amide bonds. The van der Waals surface area contributed by atoms with Crippen molar-refractivity contribution in [3.05, 3.63) is 84.6 Å². The van der Waals surface area contributed by atoms with Crippen LogP contribution in [0.15, 0.2) is 64.8 Å². The van der Waals surface area contributed by atoms with Gasteiger partial charge in [-0.05, 0) is 57.9 Å². The molecule has 0 bridgehead atoms. The maximum Gasteiger partial charge on any atom is 0.352 e. The van der Waals surface area contributed by atoms with Crippen LogP contribution in [0.4, 0.5) is 0 Å². The minimum atomic E-state index is -1.29. The van der Waals surface area contributed by atoms with Gasteiger partial charge in [0.1, 0.15) is 21.5 Å². The lowest BCUT2D eigenvalue weighted by molar-refractivity contribution is -0.132. The minimum Gasteiger partial charge on any atom is -0.477 e. The molecular weight excluding hydrogens is 501 g/mol. The molecule has 0 aliphatic carbocycles. The van der Waals surface area contributed by atoms with E-state index in [1.165, 1.54) is 12.1 Å². The molecule has 0 radical (unpaired) electrons. The van der Waals surface area contributed by atoms with Crippen LogP contribution in [0.5, 0.6) is 11.5 Å². The Morgan fingerprint density at radius 2 is 1.79 bits per heavy atom. The number of thiophene rings is 1. The summed E-state index contributed by atoms with van der Waals surface area (Å²) in [5.41, 5.74) is 0.385. The lowest BCUT2D eigenvalue weighted by Crippen LogP contribution is -2.27. The van der Waals surface area contributed by atoms with Crippen LogP contribution in [-0.2, 0) is 4.79 Å². The van der Waals surface area contributed by atoms with Crippen LogP contribution < -0.4 is 10.1 Å². The fourth-order valence-electron chi connectivity index (χ4n) is 2.29. The molecule has 0 fully saturated rings. The molecule has 0 saturated carbocycles. The van der Waals surface area contributed by atoms with Crippen LogP contribution in [-0.4, -0.2) is 17.0 Å². The predicted octanol–water partition coefficient (Wildman–Crippen LogP) is 6.47. The summed E-state index contributed by atoms with van der Waals surface area (Å²) in [4.78, 5) is 23.8. The first-order valence-corrected chi connectivity index (χ1v) is 10.4. The smallest absolute Gasteiger partial charge is 0.352 e. The quantitative estimate of drug-likeness (QED) is 0.371. The Morgan fingerprint density at radius 3 is 2.38 bits per heavy atom. The van der Waals surface area contributed by atoms with Crippen molar-refractivity contribution >= 4 is 68.4 Å². The summed E-state index contributed by atoms with van der Waals surface area (Å²) >= 11 is 16.2. The zero-order chi connectivity index (χ0) is 21.0. The highest BCUT2D eigenvalue weighted by Crippen LogP contribution is 2.31. The summed E-state index contributed by atoms with van der Waals surface area (Å²) in [6.45, 7) is 0. The Kier molecular flexibility index (Phi) is 6.97. The number of rotatable bonds is 6. The first kappa shape index (κ1) is 21.4. The monoisotopic (exact) mass is 511 g/mol. The lowest BCUT2D eigenvalue weighted by atomic mass is 10.1. The normalized spacial score (nSPS) is 11.2. The maximum absolute atomic E-state index is 12.3. The molecule has 3 rings (SSSR count).